The molecule has 2 aromatic rings. The third-order valence-corrected chi connectivity index (χ3v) is 2.79. The van der Waals surface area contributed by atoms with E-state index in [9.17, 15) is 0 Å². The van der Waals surface area contributed by atoms with Gasteiger partial charge in [0.1, 0.15) is 17.3 Å². The SMILES string of the molecule is CCc1nc(-c2cccnc2)c(N)n1C(C)C. The molecule has 90 valence electrons. The first kappa shape index (κ1) is 11.6. The fourth-order valence-corrected chi connectivity index (χ4v) is 2.03. The predicted molar refractivity (Wildman–Crippen MR) is 69.6 cm³/mol. The smallest absolute Gasteiger partial charge is 0.132 e. The lowest BCUT2D eigenvalue weighted by molar-refractivity contribution is 0.579. The first-order valence-corrected chi connectivity index (χ1v) is 5.92. The van der Waals surface area contributed by atoms with Crippen LogP contribution in [0.4, 0.5) is 5.82 Å². The zero-order valence-electron chi connectivity index (χ0n) is 10.5. The maximum Gasteiger partial charge on any atom is 0.132 e. The summed E-state index contributed by atoms with van der Waals surface area (Å²) in [5.74, 6) is 1.75. The van der Waals surface area contributed by atoms with E-state index in [2.05, 4.69) is 35.3 Å². The van der Waals surface area contributed by atoms with Crippen LogP contribution < -0.4 is 5.73 Å². The van der Waals surface area contributed by atoms with Gasteiger partial charge in [0.15, 0.2) is 0 Å². The maximum absolute atomic E-state index is 6.19. The van der Waals surface area contributed by atoms with Crippen molar-refractivity contribution < 1.29 is 0 Å². The normalized spacial score (nSPS) is 11.1. The van der Waals surface area contributed by atoms with Crippen LogP contribution in [0.5, 0.6) is 0 Å². The van der Waals surface area contributed by atoms with Gasteiger partial charge in [0.2, 0.25) is 0 Å². The van der Waals surface area contributed by atoms with E-state index in [1.165, 1.54) is 0 Å². The lowest BCUT2D eigenvalue weighted by Gasteiger charge is -2.12. The minimum Gasteiger partial charge on any atom is -0.383 e. The molecule has 0 aromatic carbocycles. The van der Waals surface area contributed by atoms with Crippen molar-refractivity contribution in [1.82, 2.24) is 14.5 Å². The number of aryl methyl sites for hydroxylation is 1. The van der Waals surface area contributed by atoms with E-state index in [-0.39, 0.29) is 0 Å². The number of nitrogens with two attached hydrogens (primary N) is 1. The van der Waals surface area contributed by atoms with E-state index in [0.717, 1.165) is 29.3 Å². The molecule has 4 nitrogen and oxygen atoms in total. The topological polar surface area (TPSA) is 56.7 Å². The highest BCUT2D eigenvalue weighted by molar-refractivity contribution is 5.70. The van der Waals surface area contributed by atoms with Crippen molar-refractivity contribution in [3.05, 3.63) is 30.4 Å². The Bertz CT molecular complexity index is 500. The molecule has 0 radical (unpaired) electrons. The van der Waals surface area contributed by atoms with Gasteiger partial charge in [0.05, 0.1) is 0 Å². The lowest BCUT2D eigenvalue weighted by atomic mass is 10.2. The van der Waals surface area contributed by atoms with Crippen LogP contribution in [0.3, 0.4) is 0 Å². The number of imidazole rings is 1. The summed E-state index contributed by atoms with van der Waals surface area (Å²) in [7, 11) is 0. The first-order chi connectivity index (χ1) is 8.15. The van der Waals surface area contributed by atoms with E-state index < -0.39 is 0 Å². The first-order valence-electron chi connectivity index (χ1n) is 5.92. The van der Waals surface area contributed by atoms with Crippen molar-refractivity contribution in [2.75, 3.05) is 5.73 Å². The average molecular weight is 230 g/mol. The summed E-state index contributed by atoms with van der Waals surface area (Å²) in [5.41, 5.74) is 7.99. The number of nitrogens with zero attached hydrogens (tertiary/aromatic N) is 3. The molecule has 0 saturated heterocycles. The number of aromatic nitrogens is 3. The van der Waals surface area contributed by atoms with Crippen molar-refractivity contribution in [3.8, 4) is 11.3 Å². The van der Waals surface area contributed by atoms with Crippen molar-refractivity contribution >= 4 is 5.82 Å². The molecule has 0 atom stereocenters. The van der Waals surface area contributed by atoms with Crippen molar-refractivity contribution in [2.24, 2.45) is 0 Å². The lowest BCUT2D eigenvalue weighted by Crippen LogP contribution is -2.08. The van der Waals surface area contributed by atoms with E-state index in [1.807, 2.05) is 12.1 Å². The largest absolute Gasteiger partial charge is 0.383 e. The highest BCUT2D eigenvalue weighted by Gasteiger charge is 2.16. The molecule has 0 aliphatic carbocycles. The fraction of sp³-hybridized carbons (Fsp3) is 0.385. The van der Waals surface area contributed by atoms with Gasteiger partial charge >= 0.3 is 0 Å². The Morgan fingerprint density at radius 2 is 2.18 bits per heavy atom. The number of nitrogen functional groups attached to an aromatic ring is 1. The summed E-state index contributed by atoms with van der Waals surface area (Å²) >= 11 is 0. The molecule has 2 rings (SSSR count). The minimum absolute atomic E-state index is 0.322. The zero-order chi connectivity index (χ0) is 12.4. The molecule has 0 aliphatic rings. The molecule has 17 heavy (non-hydrogen) atoms. The number of hydrogen-bond donors (Lipinski definition) is 1. The number of rotatable bonds is 3. The van der Waals surface area contributed by atoms with Crippen molar-refractivity contribution in [3.63, 3.8) is 0 Å². The maximum atomic E-state index is 6.19. The standard InChI is InChI=1S/C13H18N4/c1-4-11-16-12(10-6-5-7-15-8-10)13(14)17(11)9(2)3/h5-9H,4,14H2,1-3H3. The third kappa shape index (κ3) is 2.02. The summed E-state index contributed by atoms with van der Waals surface area (Å²) in [5, 5.41) is 0. The molecular formula is C13H18N4. The minimum atomic E-state index is 0.322. The van der Waals surface area contributed by atoms with E-state index in [1.54, 1.807) is 12.4 Å². The van der Waals surface area contributed by atoms with Crippen molar-refractivity contribution in [1.29, 1.82) is 0 Å². The van der Waals surface area contributed by atoms with Crippen LogP contribution >= 0.6 is 0 Å². The Morgan fingerprint density at radius 3 is 2.65 bits per heavy atom. The molecule has 0 aliphatic heterocycles. The van der Waals surface area contributed by atoms with E-state index in [0.29, 0.717) is 6.04 Å². The second kappa shape index (κ2) is 4.57. The summed E-state index contributed by atoms with van der Waals surface area (Å²) in [6, 6.07) is 4.20. The monoisotopic (exact) mass is 230 g/mol. The van der Waals surface area contributed by atoms with E-state index >= 15 is 0 Å². The number of anilines is 1. The molecule has 0 spiro atoms. The van der Waals surface area contributed by atoms with Gasteiger partial charge in [0.25, 0.3) is 0 Å². The molecular weight excluding hydrogens is 212 g/mol. The van der Waals surface area contributed by atoms with Crippen LogP contribution in [0.25, 0.3) is 11.3 Å². The molecule has 2 heterocycles. The Kier molecular flexibility index (Phi) is 3.13. The highest BCUT2D eigenvalue weighted by Crippen LogP contribution is 2.28. The molecule has 0 fully saturated rings. The molecule has 0 saturated carbocycles. The predicted octanol–water partition coefficient (Wildman–Crippen LogP) is 2.67. The summed E-state index contributed by atoms with van der Waals surface area (Å²) in [6.07, 6.45) is 4.42. The van der Waals surface area contributed by atoms with Gasteiger partial charge in [-0.05, 0) is 26.0 Å². The van der Waals surface area contributed by atoms with Crippen LogP contribution in [0, 0.1) is 0 Å². The number of pyridine rings is 1. The molecule has 2 N–H and O–H groups in total. The molecule has 0 bridgehead atoms. The van der Waals surface area contributed by atoms with Gasteiger partial charge in [-0.25, -0.2) is 4.98 Å². The Labute approximate surface area is 102 Å². The zero-order valence-corrected chi connectivity index (χ0v) is 10.5. The van der Waals surface area contributed by atoms with Gasteiger partial charge in [-0.3, -0.25) is 4.98 Å². The van der Waals surface area contributed by atoms with Gasteiger partial charge in [-0.15, -0.1) is 0 Å². The fourth-order valence-electron chi connectivity index (χ4n) is 2.03. The Balaban J connectivity index is 2.57. The quantitative estimate of drug-likeness (QED) is 0.882. The summed E-state index contributed by atoms with van der Waals surface area (Å²) in [6.45, 7) is 6.32. The van der Waals surface area contributed by atoms with Crippen molar-refractivity contribution in [2.45, 2.75) is 33.2 Å². The second-order valence-electron chi connectivity index (χ2n) is 4.32. The third-order valence-electron chi connectivity index (χ3n) is 2.79. The van der Waals surface area contributed by atoms with Crippen LogP contribution in [0.1, 0.15) is 32.6 Å². The van der Waals surface area contributed by atoms with Crippen LogP contribution in [0.2, 0.25) is 0 Å². The molecule has 0 unspecified atom stereocenters. The molecule has 0 amide bonds. The summed E-state index contributed by atoms with van der Waals surface area (Å²) < 4.78 is 2.09. The summed E-state index contributed by atoms with van der Waals surface area (Å²) in [4.78, 5) is 8.72. The van der Waals surface area contributed by atoms with E-state index in [4.69, 9.17) is 5.73 Å². The van der Waals surface area contributed by atoms with Crippen LogP contribution in [-0.2, 0) is 6.42 Å². The number of hydrogen-bond acceptors (Lipinski definition) is 3. The van der Waals surface area contributed by atoms with Gasteiger partial charge in [-0.2, -0.15) is 0 Å². The average Bonchev–Trinajstić information content (AvgIpc) is 2.67. The Hall–Kier alpha value is -1.84. The van der Waals surface area contributed by atoms with Crippen LogP contribution in [-0.4, -0.2) is 14.5 Å². The second-order valence-corrected chi connectivity index (χ2v) is 4.32. The van der Waals surface area contributed by atoms with Crippen LogP contribution in [0.15, 0.2) is 24.5 Å². The Morgan fingerprint density at radius 1 is 1.41 bits per heavy atom. The van der Waals surface area contributed by atoms with Gasteiger partial charge in [-0.1, -0.05) is 6.92 Å². The molecule has 2 aromatic heterocycles. The van der Waals surface area contributed by atoms with Gasteiger partial charge in [0, 0.05) is 30.4 Å². The van der Waals surface area contributed by atoms with Gasteiger partial charge < -0.3 is 10.3 Å². The molecule has 4 heteroatoms. The highest BCUT2D eigenvalue weighted by atomic mass is 15.2.